The van der Waals surface area contributed by atoms with Crippen LogP contribution in [0, 0.1) is 11.3 Å². The molecule has 0 fully saturated rings. The Labute approximate surface area is 112 Å². The van der Waals surface area contributed by atoms with Crippen LogP contribution in [0.4, 0.5) is 11.4 Å². The standard InChI is InChI=1S/C15H14N4/c16-9-14-8-15(3-5-18-14)19-6-4-11-1-2-13(17)7-12(11)10-19/h1-3,5,7-8H,4,6,10,17H2. The summed E-state index contributed by atoms with van der Waals surface area (Å²) < 4.78 is 0. The number of hydrogen-bond acceptors (Lipinski definition) is 4. The first-order valence-corrected chi connectivity index (χ1v) is 6.24. The number of rotatable bonds is 1. The van der Waals surface area contributed by atoms with Crippen LogP contribution < -0.4 is 10.6 Å². The van der Waals surface area contributed by atoms with Crippen LogP contribution in [0.5, 0.6) is 0 Å². The second-order valence-corrected chi connectivity index (χ2v) is 4.71. The fourth-order valence-corrected chi connectivity index (χ4v) is 2.47. The molecule has 1 aliphatic heterocycles. The second kappa shape index (κ2) is 4.62. The van der Waals surface area contributed by atoms with Gasteiger partial charge in [0.1, 0.15) is 11.8 Å². The number of nitrogen functional groups attached to an aromatic ring is 1. The number of hydrogen-bond donors (Lipinski definition) is 1. The SMILES string of the molecule is N#Cc1cc(N2CCc3ccc(N)cc3C2)ccn1. The summed E-state index contributed by atoms with van der Waals surface area (Å²) in [7, 11) is 0. The quantitative estimate of drug-likeness (QED) is 0.787. The Morgan fingerprint density at radius 1 is 1.21 bits per heavy atom. The summed E-state index contributed by atoms with van der Waals surface area (Å²) in [6, 6.07) is 11.9. The largest absolute Gasteiger partial charge is 0.399 e. The summed E-state index contributed by atoms with van der Waals surface area (Å²) in [5.41, 5.74) is 10.8. The van der Waals surface area contributed by atoms with Crippen molar-refractivity contribution >= 4 is 11.4 Å². The minimum Gasteiger partial charge on any atom is -0.399 e. The molecule has 0 radical (unpaired) electrons. The van der Waals surface area contributed by atoms with E-state index >= 15 is 0 Å². The van der Waals surface area contributed by atoms with Crippen molar-refractivity contribution < 1.29 is 0 Å². The van der Waals surface area contributed by atoms with Crippen LogP contribution in [0.25, 0.3) is 0 Å². The summed E-state index contributed by atoms with van der Waals surface area (Å²) in [5, 5.41) is 8.91. The van der Waals surface area contributed by atoms with Gasteiger partial charge in [0.2, 0.25) is 0 Å². The first-order chi connectivity index (χ1) is 9.26. The van der Waals surface area contributed by atoms with Crippen LogP contribution in [-0.4, -0.2) is 11.5 Å². The van der Waals surface area contributed by atoms with E-state index in [1.165, 1.54) is 11.1 Å². The average molecular weight is 250 g/mol. The highest BCUT2D eigenvalue weighted by Crippen LogP contribution is 2.25. The summed E-state index contributed by atoms with van der Waals surface area (Å²) in [5.74, 6) is 0. The highest BCUT2D eigenvalue weighted by molar-refractivity contribution is 5.53. The number of benzene rings is 1. The Bertz CT molecular complexity index is 657. The molecule has 0 aliphatic carbocycles. The molecule has 4 nitrogen and oxygen atoms in total. The normalized spacial score (nSPS) is 13.7. The van der Waals surface area contributed by atoms with Crippen LogP contribution in [0.2, 0.25) is 0 Å². The van der Waals surface area contributed by atoms with E-state index in [0.717, 1.165) is 30.9 Å². The maximum absolute atomic E-state index is 8.91. The molecule has 1 aromatic heterocycles. The predicted octanol–water partition coefficient (Wildman–Crippen LogP) is 2.10. The first kappa shape index (κ1) is 11.5. The van der Waals surface area contributed by atoms with Crippen molar-refractivity contribution in [2.24, 2.45) is 0 Å². The van der Waals surface area contributed by atoms with Crippen molar-refractivity contribution in [2.45, 2.75) is 13.0 Å². The first-order valence-electron chi connectivity index (χ1n) is 6.24. The maximum Gasteiger partial charge on any atom is 0.142 e. The minimum atomic E-state index is 0.455. The molecule has 0 atom stereocenters. The summed E-state index contributed by atoms with van der Waals surface area (Å²) >= 11 is 0. The molecule has 2 heterocycles. The van der Waals surface area contributed by atoms with Gasteiger partial charge in [0, 0.05) is 30.7 Å². The van der Waals surface area contributed by atoms with Gasteiger partial charge in [0.05, 0.1) is 0 Å². The maximum atomic E-state index is 8.91. The zero-order chi connectivity index (χ0) is 13.2. The number of aromatic nitrogens is 1. The van der Waals surface area contributed by atoms with E-state index in [-0.39, 0.29) is 0 Å². The summed E-state index contributed by atoms with van der Waals surface area (Å²) in [6.45, 7) is 1.78. The Morgan fingerprint density at radius 3 is 2.95 bits per heavy atom. The van der Waals surface area contributed by atoms with Crippen molar-refractivity contribution in [3.63, 3.8) is 0 Å². The Kier molecular flexibility index (Phi) is 2.81. The van der Waals surface area contributed by atoms with Crippen LogP contribution in [-0.2, 0) is 13.0 Å². The third-order valence-corrected chi connectivity index (χ3v) is 3.47. The molecule has 1 aliphatic rings. The highest BCUT2D eigenvalue weighted by Gasteiger charge is 2.17. The van der Waals surface area contributed by atoms with Crippen LogP contribution >= 0.6 is 0 Å². The molecular weight excluding hydrogens is 236 g/mol. The summed E-state index contributed by atoms with van der Waals surface area (Å²) in [4.78, 5) is 6.26. The van der Waals surface area contributed by atoms with E-state index in [1.54, 1.807) is 6.20 Å². The Morgan fingerprint density at radius 2 is 2.11 bits per heavy atom. The van der Waals surface area contributed by atoms with E-state index in [9.17, 15) is 0 Å². The van der Waals surface area contributed by atoms with Gasteiger partial charge >= 0.3 is 0 Å². The predicted molar refractivity (Wildman–Crippen MR) is 74.6 cm³/mol. The van der Waals surface area contributed by atoms with Gasteiger partial charge in [-0.25, -0.2) is 4.98 Å². The molecule has 0 saturated carbocycles. The molecule has 4 heteroatoms. The smallest absolute Gasteiger partial charge is 0.142 e. The molecule has 3 rings (SSSR count). The number of fused-ring (bicyclic) bond motifs is 1. The zero-order valence-electron chi connectivity index (χ0n) is 10.5. The van der Waals surface area contributed by atoms with Crippen molar-refractivity contribution in [2.75, 3.05) is 17.2 Å². The number of nitrogens with zero attached hydrogens (tertiary/aromatic N) is 3. The molecule has 0 spiro atoms. The number of pyridine rings is 1. The summed E-state index contributed by atoms with van der Waals surface area (Å²) in [6.07, 6.45) is 2.68. The molecule has 0 unspecified atom stereocenters. The fourth-order valence-electron chi connectivity index (χ4n) is 2.47. The molecule has 0 amide bonds. The lowest BCUT2D eigenvalue weighted by atomic mass is 9.99. The molecular formula is C15H14N4. The molecule has 2 N–H and O–H groups in total. The molecule has 0 saturated heterocycles. The van der Waals surface area contributed by atoms with Gasteiger partial charge in [-0.3, -0.25) is 0 Å². The van der Waals surface area contributed by atoms with Crippen molar-refractivity contribution in [3.8, 4) is 6.07 Å². The van der Waals surface area contributed by atoms with Gasteiger partial charge < -0.3 is 10.6 Å². The van der Waals surface area contributed by atoms with Gasteiger partial charge in [-0.15, -0.1) is 0 Å². The zero-order valence-corrected chi connectivity index (χ0v) is 10.5. The Balaban J connectivity index is 1.91. The van der Waals surface area contributed by atoms with Gasteiger partial charge in [-0.2, -0.15) is 5.26 Å². The number of anilines is 2. The van der Waals surface area contributed by atoms with Gasteiger partial charge in [-0.1, -0.05) is 6.07 Å². The third-order valence-electron chi connectivity index (χ3n) is 3.47. The van der Waals surface area contributed by atoms with Crippen molar-refractivity contribution in [1.82, 2.24) is 4.98 Å². The molecule has 2 aromatic rings. The lowest BCUT2D eigenvalue weighted by Crippen LogP contribution is -2.30. The lowest BCUT2D eigenvalue weighted by molar-refractivity contribution is 0.731. The van der Waals surface area contributed by atoms with E-state index in [0.29, 0.717) is 5.69 Å². The lowest BCUT2D eigenvalue weighted by Gasteiger charge is -2.30. The number of nitrogens with two attached hydrogens (primary N) is 1. The van der Waals surface area contributed by atoms with E-state index < -0.39 is 0 Å². The van der Waals surface area contributed by atoms with Crippen LogP contribution in [0.15, 0.2) is 36.5 Å². The van der Waals surface area contributed by atoms with Crippen molar-refractivity contribution in [3.05, 3.63) is 53.3 Å². The molecule has 0 bridgehead atoms. The topological polar surface area (TPSA) is 65.9 Å². The minimum absolute atomic E-state index is 0.455. The van der Waals surface area contributed by atoms with E-state index in [1.807, 2.05) is 24.3 Å². The van der Waals surface area contributed by atoms with E-state index in [4.69, 9.17) is 11.0 Å². The highest BCUT2D eigenvalue weighted by atomic mass is 15.1. The van der Waals surface area contributed by atoms with Gasteiger partial charge in [-0.05, 0) is 41.8 Å². The fraction of sp³-hybridized carbons (Fsp3) is 0.200. The Hall–Kier alpha value is -2.54. The van der Waals surface area contributed by atoms with Gasteiger partial charge in [0.25, 0.3) is 0 Å². The van der Waals surface area contributed by atoms with Crippen LogP contribution in [0.3, 0.4) is 0 Å². The van der Waals surface area contributed by atoms with E-state index in [2.05, 4.69) is 22.0 Å². The second-order valence-electron chi connectivity index (χ2n) is 4.71. The average Bonchev–Trinajstić information content (AvgIpc) is 2.46. The third kappa shape index (κ3) is 2.23. The monoisotopic (exact) mass is 250 g/mol. The molecule has 19 heavy (non-hydrogen) atoms. The van der Waals surface area contributed by atoms with Crippen LogP contribution in [0.1, 0.15) is 16.8 Å². The molecule has 94 valence electrons. The number of nitriles is 1. The van der Waals surface area contributed by atoms with Crippen molar-refractivity contribution in [1.29, 1.82) is 5.26 Å². The molecule has 1 aromatic carbocycles. The van der Waals surface area contributed by atoms with Gasteiger partial charge in [0.15, 0.2) is 0 Å².